The second-order valence-electron chi connectivity index (χ2n) is 6.17. The van der Waals surface area contributed by atoms with Gasteiger partial charge in [0.1, 0.15) is 6.10 Å². The third-order valence-corrected chi connectivity index (χ3v) is 4.10. The van der Waals surface area contributed by atoms with E-state index in [1.807, 2.05) is 13.0 Å². The van der Waals surface area contributed by atoms with Gasteiger partial charge in [0.25, 0.3) is 0 Å². The molecule has 0 aromatic carbocycles. The van der Waals surface area contributed by atoms with Crippen molar-refractivity contribution in [2.75, 3.05) is 6.61 Å². The predicted octanol–water partition coefficient (Wildman–Crippen LogP) is 4.53. The topological polar surface area (TPSA) is 46.5 Å². The second kappa shape index (κ2) is 11.8. The summed E-state index contributed by atoms with van der Waals surface area (Å²) < 4.78 is 5.09. The molecule has 0 unspecified atom stereocenters. The van der Waals surface area contributed by atoms with E-state index in [1.54, 1.807) is 0 Å². The van der Waals surface area contributed by atoms with Gasteiger partial charge in [0.15, 0.2) is 0 Å². The quantitative estimate of drug-likeness (QED) is 0.401. The van der Waals surface area contributed by atoms with Gasteiger partial charge in [-0.1, -0.05) is 57.8 Å². The first-order valence-electron chi connectivity index (χ1n) is 8.76. The molecule has 21 heavy (non-hydrogen) atoms. The Morgan fingerprint density at radius 2 is 1.38 bits per heavy atom. The average molecular weight is 296 g/mol. The van der Waals surface area contributed by atoms with E-state index in [2.05, 4.69) is 0 Å². The summed E-state index contributed by atoms with van der Waals surface area (Å²) in [5.41, 5.74) is 0.880. The lowest BCUT2D eigenvalue weighted by Gasteiger charge is -2.03. The van der Waals surface area contributed by atoms with Crippen molar-refractivity contribution < 1.29 is 14.6 Å². The number of aliphatic hydroxyl groups is 1. The molecule has 0 aromatic heterocycles. The summed E-state index contributed by atoms with van der Waals surface area (Å²) >= 11 is 0. The highest BCUT2D eigenvalue weighted by Gasteiger charge is 2.20. The van der Waals surface area contributed by atoms with Crippen molar-refractivity contribution in [3.05, 3.63) is 11.6 Å². The van der Waals surface area contributed by atoms with Gasteiger partial charge in [-0.3, -0.25) is 0 Å². The first-order valence-corrected chi connectivity index (χ1v) is 8.76. The molecule has 0 radical (unpaired) electrons. The van der Waals surface area contributed by atoms with Gasteiger partial charge in [0.05, 0.1) is 0 Å². The van der Waals surface area contributed by atoms with Crippen molar-refractivity contribution in [3.8, 4) is 0 Å². The van der Waals surface area contributed by atoms with Gasteiger partial charge in [0, 0.05) is 12.2 Å². The number of hydrogen-bond acceptors (Lipinski definition) is 3. The number of carbonyl (C=O) groups is 1. The van der Waals surface area contributed by atoms with Crippen LogP contribution < -0.4 is 0 Å². The summed E-state index contributed by atoms with van der Waals surface area (Å²) in [4.78, 5) is 11.4. The fraction of sp³-hybridized carbons (Fsp3) is 0.833. The first-order chi connectivity index (χ1) is 10.2. The highest BCUT2D eigenvalue weighted by molar-refractivity contribution is 5.90. The Balaban J connectivity index is 1.81. The smallest absolute Gasteiger partial charge is 0.334 e. The van der Waals surface area contributed by atoms with Crippen molar-refractivity contribution in [2.45, 2.75) is 90.1 Å². The maximum Gasteiger partial charge on any atom is 0.334 e. The molecule has 1 aliphatic rings. The second-order valence-corrected chi connectivity index (χ2v) is 6.17. The Bertz CT molecular complexity index is 310. The van der Waals surface area contributed by atoms with Crippen LogP contribution in [0.1, 0.15) is 84.0 Å². The van der Waals surface area contributed by atoms with E-state index in [-0.39, 0.29) is 12.1 Å². The van der Waals surface area contributed by atoms with Gasteiger partial charge >= 0.3 is 5.97 Å². The molecule has 1 aliphatic heterocycles. The molecule has 3 heteroatoms. The summed E-state index contributed by atoms with van der Waals surface area (Å²) in [6.07, 6.45) is 16.5. The van der Waals surface area contributed by atoms with Crippen LogP contribution >= 0.6 is 0 Å². The summed E-state index contributed by atoms with van der Waals surface area (Å²) in [5.74, 6) is -0.108. The molecule has 0 amide bonds. The molecule has 0 saturated heterocycles. The van der Waals surface area contributed by atoms with Gasteiger partial charge < -0.3 is 9.84 Å². The molecule has 3 nitrogen and oxygen atoms in total. The number of rotatable bonds is 13. The minimum atomic E-state index is -0.108. The highest BCUT2D eigenvalue weighted by Crippen LogP contribution is 2.20. The molecule has 1 rings (SSSR count). The number of cyclic esters (lactones) is 1. The van der Waals surface area contributed by atoms with Gasteiger partial charge in [-0.15, -0.1) is 0 Å². The molecule has 0 saturated carbocycles. The third-order valence-electron chi connectivity index (χ3n) is 4.10. The number of hydrogen-bond donors (Lipinski definition) is 1. The van der Waals surface area contributed by atoms with Crippen molar-refractivity contribution in [2.24, 2.45) is 0 Å². The molecule has 0 bridgehead atoms. The molecule has 1 heterocycles. The summed E-state index contributed by atoms with van der Waals surface area (Å²) in [7, 11) is 0. The predicted molar refractivity (Wildman–Crippen MR) is 86.1 cm³/mol. The fourth-order valence-corrected chi connectivity index (χ4v) is 2.83. The number of ether oxygens (including phenoxy) is 1. The minimum absolute atomic E-state index is 0.0233. The Hall–Kier alpha value is -0.830. The summed E-state index contributed by atoms with van der Waals surface area (Å²) in [6.45, 7) is 2.25. The summed E-state index contributed by atoms with van der Waals surface area (Å²) in [6, 6.07) is 0. The molecular weight excluding hydrogens is 264 g/mol. The number of unbranched alkanes of at least 4 members (excludes halogenated alkanes) is 10. The Kier molecular flexibility index (Phi) is 10.2. The number of esters is 1. The van der Waals surface area contributed by atoms with E-state index in [0.29, 0.717) is 6.61 Å². The van der Waals surface area contributed by atoms with Gasteiger partial charge in [-0.25, -0.2) is 4.79 Å². The fourth-order valence-electron chi connectivity index (χ4n) is 2.83. The van der Waals surface area contributed by atoms with E-state index in [4.69, 9.17) is 9.84 Å². The maximum atomic E-state index is 11.4. The van der Waals surface area contributed by atoms with E-state index >= 15 is 0 Å². The molecule has 122 valence electrons. The van der Waals surface area contributed by atoms with Crippen LogP contribution in [0.3, 0.4) is 0 Å². The van der Waals surface area contributed by atoms with Crippen molar-refractivity contribution in [1.29, 1.82) is 0 Å². The van der Waals surface area contributed by atoms with Crippen LogP contribution in [0.2, 0.25) is 0 Å². The van der Waals surface area contributed by atoms with E-state index in [9.17, 15) is 4.79 Å². The Morgan fingerprint density at radius 3 is 1.81 bits per heavy atom. The van der Waals surface area contributed by atoms with E-state index in [1.165, 1.54) is 57.8 Å². The molecule has 1 atom stereocenters. The lowest BCUT2D eigenvalue weighted by molar-refractivity contribution is -0.139. The Labute approximate surface area is 129 Å². The standard InChI is InChI=1S/C18H32O3/c1-16-15-17(18(20)21-16)13-11-9-7-5-3-2-4-6-8-10-12-14-19/h15-16,19H,2-14H2,1H3/t16-/m0/s1. The van der Waals surface area contributed by atoms with Crippen LogP contribution in [0, 0.1) is 0 Å². The highest BCUT2D eigenvalue weighted by atomic mass is 16.5. The number of aliphatic hydroxyl groups excluding tert-OH is 1. The molecule has 0 aromatic rings. The lowest BCUT2D eigenvalue weighted by Crippen LogP contribution is -2.03. The van der Waals surface area contributed by atoms with Crippen LogP contribution in [0.4, 0.5) is 0 Å². The monoisotopic (exact) mass is 296 g/mol. The zero-order chi connectivity index (χ0) is 15.3. The van der Waals surface area contributed by atoms with Crippen molar-refractivity contribution in [1.82, 2.24) is 0 Å². The molecular formula is C18H32O3. The zero-order valence-corrected chi connectivity index (χ0v) is 13.6. The molecule has 0 fully saturated rings. The Morgan fingerprint density at radius 1 is 0.905 bits per heavy atom. The third kappa shape index (κ3) is 8.92. The summed E-state index contributed by atoms with van der Waals surface area (Å²) in [5, 5.41) is 8.68. The van der Waals surface area contributed by atoms with Crippen LogP contribution in [0.5, 0.6) is 0 Å². The van der Waals surface area contributed by atoms with Gasteiger partial charge in [-0.2, -0.15) is 0 Å². The number of carbonyl (C=O) groups excluding carboxylic acids is 1. The SMILES string of the molecule is C[C@H]1C=C(CCCCCCCCCCCCCO)C(=O)O1. The molecule has 0 spiro atoms. The van der Waals surface area contributed by atoms with Crippen LogP contribution in [0.25, 0.3) is 0 Å². The average Bonchev–Trinajstić information content (AvgIpc) is 2.78. The zero-order valence-electron chi connectivity index (χ0n) is 13.6. The van der Waals surface area contributed by atoms with E-state index < -0.39 is 0 Å². The minimum Gasteiger partial charge on any atom is -0.455 e. The van der Waals surface area contributed by atoms with Gasteiger partial charge in [-0.05, 0) is 32.3 Å². The largest absolute Gasteiger partial charge is 0.455 e. The normalized spacial score (nSPS) is 17.9. The van der Waals surface area contributed by atoms with E-state index in [0.717, 1.165) is 24.8 Å². The molecule has 0 aliphatic carbocycles. The van der Waals surface area contributed by atoms with Crippen LogP contribution in [-0.4, -0.2) is 23.8 Å². The van der Waals surface area contributed by atoms with Crippen molar-refractivity contribution in [3.63, 3.8) is 0 Å². The van der Waals surface area contributed by atoms with Crippen LogP contribution in [0.15, 0.2) is 11.6 Å². The molecule has 1 N–H and O–H groups in total. The van der Waals surface area contributed by atoms with Crippen LogP contribution in [-0.2, 0) is 9.53 Å². The van der Waals surface area contributed by atoms with Gasteiger partial charge in [0.2, 0.25) is 0 Å². The van der Waals surface area contributed by atoms with Crippen molar-refractivity contribution >= 4 is 5.97 Å². The first kappa shape index (κ1) is 18.2. The lowest BCUT2D eigenvalue weighted by atomic mass is 10.0. The maximum absolute atomic E-state index is 11.4.